The molecule has 0 radical (unpaired) electrons. The van der Waals surface area contributed by atoms with Gasteiger partial charge in [-0.05, 0) is 19.1 Å². The first-order valence-electron chi connectivity index (χ1n) is 4.74. The highest BCUT2D eigenvalue weighted by molar-refractivity contribution is 5.94. The van der Waals surface area contributed by atoms with E-state index in [1.807, 2.05) is 0 Å². The van der Waals surface area contributed by atoms with Gasteiger partial charge in [-0.25, -0.2) is 13.6 Å². The fourth-order valence-electron chi connectivity index (χ4n) is 1.61. The molecule has 1 aromatic carbocycles. The van der Waals surface area contributed by atoms with Crippen molar-refractivity contribution >= 4 is 5.97 Å². The monoisotopic (exact) mass is 238 g/mol. The van der Waals surface area contributed by atoms with E-state index in [0.717, 1.165) is 6.07 Å². The van der Waals surface area contributed by atoms with Crippen LogP contribution < -0.4 is 0 Å². The van der Waals surface area contributed by atoms with E-state index in [-0.39, 0.29) is 16.8 Å². The average molecular weight is 238 g/mol. The molecule has 0 aliphatic heterocycles. The second kappa shape index (κ2) is 3.97. The molecule has 0 spiro atoms. The van der Waals surface area contributed by atoms with Gasteiger partial charge in [0.25, 0.3) is 0 Å². The SMILES string of the molecule is Cc1[nH]nc(C(=O)O)c1-c1ccc(F)cc1F. The van der Waals surface area contributed by atoms with E-state index in [4.69, 9.17) is 5.11 Å². The predicted molar refractivity (Wildman–Crippen MR) is 55.6 cm³/mol. The number of hydrogen-bond acceptors (Lipinski definition) is 2. The Morgan fingerprint density at radius 2 is 2.12 bits per heavy atom. The number of aromatic amines is 1. The summed E-state index contributed by atoms with van der Waals surface area (Å²) in [6, 6.07) is 2.96. The summed E-state index contributed by atoms with van der Waals surface area (Å²) < 4.78 is 26.3. The first kappa shape index (κ1) is 11.3. The van der Waals surface area contributed by atoms with Gasteiger partial charge in [0, 0.05) is 22.9 Å². The quantitative estimate of drug-likeness (QED) is 0.844. The number of H-pyrrole nitrogens is 1. The highest BCUT2D eigenvalue weighted by atomic mass is 19.1. The molecule has 0 unspecified atom stereocenters. The molecule has 4 nitrogen and oxygen atoms in total. The second-order valence-corrected chi connectivity index (χ2v) is 3.50. The van der Waals surface area contributed by atoms with Crippen LogP contribution in [0.1, 0.15) is 16.2 Å². The minimum absolute atomic E-state index is 0.00931. The first-order valence-corrected chi connectivity index (χ1v) is 4.74. The maximum atomic E-state index is 13.6. The lowest BCUT2D eigenvalue weighted by Gasteiger charge is -2.03. The van der Waals surface area contributed by atoms with Gasteiger partial charge in [0.05, 0.1) is 0 Å². The maximum Gasteiger partial charge on any atom is 0.357 e. The third-order valence-corrected chi connectivity index (χ3v) is 2.35. The molecule has 2 N–H and O–H groups in total. The zero-order valence-electron chi connectivity index (χ0n) is 8.79. The number of aryl methyl sites for hydroxylation is 1. The van der Waals surface area contributed by atoms with Crippen molar-refractivity contribution in [1.29, 1.82) is 0 Å². The number of nitrogens with one attached hydrogen (secondary N) is 1. The number of nitrogens with zero attached hydrogens (tertiary/aromatic N) is 1. The van der Waals surface area contributed by atoms with Gasteiger partial charge < -0.3 is 5.11 Å². The molecule has 1 aromatic heterocycles. The van der Waals surface area contributed by atoms with Crippen LogP contribution in [0.5, 0.6) is 0 Å². The Balaban J connectivity index is 2.67. The van der Waals surface area contributed by atoms with Crippen molar-refractivity contribution < 1.29 is 18.7 Å². The fourth-order valence-corrected chi connectivity index (χ4v) is 1.61. The molecule has 0 aliphatic carbocycles. The van der Waals surface area contributed by atoms with Gasteiger partial charge >= 0.3 is 5.97 Å². The Morgan fingerprint density at radius 3 is 2.71 bits per heavy atom. The smallest absolute Gasteiger partial charge is 0.357 e. The normalized spacial score (nSPS) is 10.5. The number of halogens is 2. The van der Waals surface area contributed by atoms with E-state index >= 15 is 0 Å². The van der Waals surface area contributed by atoms with Crippen LogP contribution in [-0.2, 0) is 0 Å². The number of aromatic nitrogens is 2. The Labute approximate surface area is 94.9 Å². The topological polar surface area (TPSA) is 66.0 Å². The van der Waals surface area contributed by atoms with Gasteiger partial charge in [0.2, 0.25) is 0 Å². The maximum absolute atomic E-state index is 13.6. The lowest BCUT2D eigenvalue weighted by molar-refractivity contribution is 0.0691. The largest absolute Gasteiger partial charge is 0.476 e. The second-order valence-electron chi connectivity index (χ2n) is 3.50. The van der Waals surface area contributed by atoms with Crippen molar-refractivity contribution in [3.63, 3.8) is 0 Å². The fraction of sp³-hybridized carbons (Fsp3) is 0.0909. The highest BCUT2D eigenvalue weighted by Crippen LogP contribution is 2.28. The summed E-state index contributed by atoms with van der Waals surface area (Å²) in [4.78, 5) is 10.9. The van der Waals surface area contributed by atoms with E-state index in [2.05, 4.69) is 10.2 Å². The van der Waals surface area contributed by atoms with Gasteiger partial charge in [0.1, 0.15) is 11.6 Å². The minimum Gasteiger partial charge on any atom is -0.476 e. The summed E-state index contributed by atoms with van der Waals surface area (Å²) >= 11 is 0. The summed E-state index contributed by atoms with van der Waals surface area (Å²) in [6.45, 7) is 1.57. The molecule has 88 valence electrons. The summed E-state index contributed by atoms with van der Waals surface area (Å²) in [7, 11) is 0. The number of hydrogen-bond donors (Lipinski definition) is 2. The molecule has 1 heterocycles. The van der Waals surface area contributed by atoms with Crippen molar-refractivity contribution in [2.45, 2.75) is 6.92 Å². The van der Waals surface area contributed by atoms with Gasteiger partial charge in [-0.3, -0.25) is 5.10 Å². The van der Waals surface area contributed by atoms with E-state index in [9.17, 15) is 13.6 Å². The molecule has 0 amide bonds. The zero-order chi connectivity index (χ0) is 12.6. The van der Waals surface area contributed by atoms with Crippen molar-refractivity contribution in [1.82, 2.24) is 10.2 Å². The third kappa shape index (κ3) is 1.89. The molecule has 17 heavy (non-hydrogen) atoms. The van der Waals surface area contributed by atoms with Crippen molar-refractivity contribution in [2.24, 2.45) is 0 Å². The van der Waals surface area contributed by atoms with Crippen molar-refractivity contribution in [3.05, 3.63) is 41.2 Å². The summed E-state index contributed by atoms with van der Waals surface area (Å²) in [5, 5.41) is 14.9. The van der Waals surface area contributed by atoms with Gasteiger partial charge in [0.15, 0.2) is 5.69 Å². The van der Waals surface area contributed by atoms with Gasteiger partial charge in [-0.1, -0.05) is 0 Å². The Morgan fingerprint density at radius 1 is 1.41 bits per heavy atom. The molecule has 0 bridgehead atoms. The van der Waals surface area contributed by atoms with E-state index in [1.165, 1.54) is 6.07 Å². The minimum atomic E-state index is -1.27. The van der Waals surface area contributed by atoms with Crippen LogP contribution in [0.3, 0.4) is 0 Å². The molecule has 2 aromatic rings. The number of carboxylic acid groups (broad SMARTS) is 1. The summed E-state index contributed by atoms with van der Waals surface area (Å²) in [5.74, 6) is -2.81. The predicted octanol–water partition coefficient (Wildman–Crippen LogP) is 2.36. The lowest BCUT2D eigenvalue weighted by Crippen LogP contribution is -2.00. The van der Waals surface area contributed by atoms with Crippen LogP contribution in [0.4, 0.5) is 8.78 Å². The number of aromatic carboxylic acids is 1. The van der Waals surface area contributed by atoms with Gasteiger partial charge in [-0.15, -0.1) is 0 Å². The van der Waals surface area contributed by atoms with E-state index < -0.39 is 17.6 Å². The number of carbonyl (C=O) groups is 1. The highest BCUT2D eigenvalue weighted by Gasteiger charge is 2.20. The van der Waals surface area contributed by atoms with Crippen molar-refractivity contribution in [2.75, 3.05) is 0 Å². The zero-order valence-corrected chi connectivity index (χ0v) is 8.79. The molecular weight excluding hydrogens is 230 g/mol. The molecule has 0 saturated heterocycles. The van der Waals surface area contributed by atoms with E-state index in [0.29, 0.717) is 11.8 Å². The Hall–Kier alpha value is -2.24. The Bertz CT molecular complexity index is 593. The first-order chi connectivity index (χ1) is 8.00. The lowest BCUT2D eigenvalue weighted by atomic mass is 10.0. The third-order valence-electron chi connectivity index (χ3n) is 2.35. The average Bonchev–Trinajstić information content (AvgIpc) is 2.60. The summed E-state index contributed by atoms with van der Waals surface area (Å²) in [5.41, 5.74) is 0.269. The van der Waals surface area contributed by atoms with E-state index in [1.54, 1.807) is 6.92 Å². The number of carboxylic acids is 1. The molecule has 0 atom stereocenters. The van der Waals surface area contributed by atoms with Crippen LogP contribution in [0.15, 0.2) is 18.2 Å². The summed E-state index contributed by atoms with van der Waals surface area (Å²) in [6.07, 6.45) is 0. The molecule has 2 rings (SSSR count). The van der Waals surface area contributed by atoms with Crippen LogP contribution in [0.2, 0.25) is 0 Å². The van der Waals surface area contributed by atoms with Crippen LogP contribution in [-0.4, -0.2) is 21.3 Å². The molecular formula is C11H8F2N2O2. The van der Waals surface area contributed by atoms with Crippen LogP contribution in [0, 0.1) is 18.6 Å². The van der Waals surface area contributed by atoms with Gasteiger partial charge in [-0.2, -0.15) is 5.10 Å². The Kier molecular flexibility index (Phi) is 2.63. The molecule has 6 heteroatoms. The number of benzene rings is 1. The van der Waals surface area contributed by atoms with Crippen molar-refractivity contribution in [3.8, 4) is 11.1 Å². The number of rotatable bonds is 2. The molecule has 0 fully saturated rings. The standard InChI is InChI=1S/C11H8F2N2O2/c1-5-9(10(11(16)17)15-14-5)7-3-2-6(12)4-8(7)13/h2-4H,1H3,(H,14,15)(H,16,17). The van der Waals surface area contributed by atoms with Crippen LogP contribution >= 0.6 is 0 Å². The molecule has 0 saturated carbocycles. The molecule has 0 aliphatic rings. The van der Waals surface area contributed by atoms with Crippen LogP contribution in [0.25, 0.3) is 11.1 Å².